The van der Waals surface area contributed by atoms with E-state index in [1.54, 1.807) is 49.1 Å². The minimum absolute atomic E-state index is 0.143. The van der Waals surface area contributed by atoms with Crippen molar-refractivity contribution in [1.82, 2.24) is 24.6 Å². The van der Waals surface area contributed by atoms with E-state index >= 15 is 0 Å². The van der Waals surface area contributed by atoms with Crippen LogP contribution in [-0.2, 0) is 4.79 Å². The third-order valence-electron chi connectivity index (χ3n) is 6.17. The minimum Gasteiger partial charge on any atom is -0.323 e. The van der Waals surface area contributed by atoms with Crippen molar-refractivity contribution in [2.24, 2.45) is 0 Å². The van der Waals surface area contributed by atoms with E-state index in [2.05, 4.69) is 15.3 Å². The number of carbonyl (C=O) groups excluding carboxylic acids is 3. The lowest BCUT2D eigenvalue weighted by Crippen LogP contribution is -2.51. The number of rotatable bonds is 4. The van der Waals surface area contributed by atoms with Crippen LogP contribution in [0.15, 0.2) is 49.1 Å². The lowest BCUT2D eigenvalue weighted by Gasteiger charge is -2.34. The number of Topliss-reactive ketones (excluding diaryl/α,β-unsaturated/α-hetero) is 1. The van der Waals surface area contributed by atoms with E-state index in [0.29, 0.717) is 16.9 Å². The molecule has 0 unspecified atom stereocenters. The van der Waals surface area contributed by atoms with Crippen molar-refractivity contribution in [3.05, 3.63) is 54.6 Å². The molecule has 3 amide bonds. The van der Waals surface area contributed by atoms with Gasteiger partial charge in [-0.1, -0.05) is 24.3 Å². The number of carbonyl (C=O) groups is 3. The molecule has 3 aromatic rings. The number of benzene rings is 1. The molecule has 1 saturated heterocycles. The smallest absolute Gasteiger partial charge is 0.323 e. The maximum Gasteiger partial charge on any atom is 0.325 e. The first kappa shape index (κ1) is 20.2. The molecule has 1 saturated carbocycles. The molecule has 32 heavy (non-hydrogen) atoms. The fraction of sp³-hybridized carbons (Fsp3) is 0.318. The van der Waals surface area contributed by atoms with Gasteiger partial charge in [-0.05, 0) is 12.8 Å². The Hall–Kier alpha value is -3.69. The summed E-state index contributed by atoms with van der Waals surface area (Å²) in [6.07, 6.45) is 5.67. The monoisotopic (exact) mass is 439 g/mol. The van der Waals surface area contributed by atoms with Gasteiger partial charge in [0.2, 0.25) is 5.92 Å². The lowest BCUT2D eigenvalue weighted by molar-refractivity contribution is -0.135. The summed E-state index contributed by atoms with van der Waals surface area (Å²) in [6.45, 7) is -0.448. The number of nitrogens with zero attached hydrogens (tertiary/aromatic N) is 4. The number of amides is 3. The number of fused-ring (bicyclic) bond motifs is 1. The van der Waals surface area contributed by atoms with Crippen molar-refractivity contribution in [3.8, 4) is 11.3 Å². The topological polar surface area (TPSA) is 96.7 Å². The third-order valence-corrected chi connectivity index (χ3v) is 6.17. The van der Waals surface area contributed by atoms with Crippen LogP contribution in [0, 0.1) is 0 Å². The SMILES string of the molecule is O=C(CN1C(=O)NC2(CCC(F)(F)CC2)C1=O)c1ccc(-c2nccn3ccnc23)cc1. The van der Waals surface area contributed by atoms with Crippen LogP contribution in [0.4, 0.5) is 13.6 Å². The number of halogens is 2. The highest BCUT2D eigenvalue weighted by molar-refractivity contribution is 6.11. The first-order valence-corrected chi connectivity index (χ1v) is 10.2. The van der Waals surface area contributed by atoms with Gasteiger partial charge in [0, 0.05) is 48.8 Å². The Morgan fingerprint density at radius 2 is 1.66 bits per heavy atom. The Bertz CT molecular complexity index is 1230. The molecule has 2 aromatic heterocycles. The molecule has 1 aromatic carbocycles. The summed E-state index contributed by atoms with van der Waals surface area (Å²) in [5.41, 5.74) is 1.07. The summed E-state index contributed by atoms with van der Waals surface area (Å²) in [6, 6.07) is 5.92. The zero-order chi connectivity index (χ0) is 22.5. The Balaban J connectivity index is 1.32. The van der Waals surface area contributed by atoms with Gasteiger partial charge in [-0.15, -0.1) is 0 Å². The van der Waals surface area contributed by atoms with E-state index < -0.39 is 48.6 Å². The molecule has 1 aliphatic heterocycles. The molecular weight excluding hydrogens is 420 g/mol. The number of ketones is 1. The van der Waals surface area contributed by atoms with Crippen LogP contribution in [0.5, 0.6) is 0 Å². The standard InChI is InChI=1S/C22H19F2N5O3/c23-22(24)7-5-21(6-8-22)19(31)29(20(32)27-21)13-16(30)14-1-3-15(4-2-14)17-18-26-10-12-28(18)11-9-25-17/h1-4,9-12H,5-8,13H2,(H,27,32). The van der Waals surface area contributed by atoms with Gasteiger partial charge >= 0.3 is 6.03 Å². The molecule has 164 valence electrons. The van der Waals surface area contributed by atoms with E-state index in [1.165, 1.54) is 0 Å². The van der Waals surface area contributed by atoms with Gasteiger partial charge in [0.1, 0.15) is 11.2 Å². The van der Waals surface area contributed by atoms with E-state index in [1.807, 2.05) is 4.40 Å². The van der Waals surface area contributed by atoms with Crippen LogP contribution in [0.3, 0.4) is 0 Å². The largest absolute Gasteiger partial charge is 0.325 e. The van der Waals surface area contributed by atoms with Gasteiger partial charge in [0.15, 0.2) is 11.4 Å². The molecule has 2 aliphatic rings. The predicted octanol–water partition coefficient (Wildman–Crippen LogP) is 3.08. The highest BCUT2D eigenvalue weighted by Crippen LogP contribution is 2.41. The molecule has 8 nitrogen and oxygen atoms in total. The Kier molecular flexibility index (Phi) is 4.54. The molecule has 1 N–H and O–H groups in total. The molecular formula is C22H19F2N5O3. The molecule has 2 fully saturated rings. The molecule has 10 heteroatoms. The van der Waals surface area contributed by atoms with Crippen LogP contribution < -0.4 is 5.32 Å². The van der Waals surface area contributed by atoms with Gasteiger partial charge < -0.3 is 9.72 Å². The molecule has 0 radical (unpaired) electrons. The fourth-order valence-electron chi connectivity index (χ4n) is 4.31. The third kappa shape index (κ3) is 3.31. The molecule has 0 bridgehead atoms. The number of hydrogen-bond donors (Lipinski definition) is 1. The first-order chi connectivity index (χ1) is 15.3. The van der Waals surface area contributed by atoms with Crippen molar-refractivity contribution in [2.75, 3.05) is 6.54 Å². The maximum absolute atomic E-state index is 13.5. The predicted molar refractivity (Wildman–Crippen MR) is 109 cm³/mol. The number of hydrogen-bond acceptors (Lipinski definition) is 5. The minimum atomic E-state index is -2.84. The number of urea groups is 1. The van der Waals surface area contributed by atoms with Crippen LogP contribution in [0.1, 0.15) is 36.0 Å². The molecule has 5 rings (SSSR count). The number of nitrogens with one attached hydrogen (secondary N) is 1. The maximum atomic E-state index is 13.5. The van der Waals surface area contributed by atoms with Gasteiger partial charge in [-0.3, -0.25) is 19.5 Å². The number of imidazole rings is 1. The second-order valence-electron chi connectivity index (χ2n) is 8.19. The molecule has 0 atom stereocenters. The zero-order valence-electron chi connectivity index (χ0n) is 16.9. The summed E-state index contributed by atoms with van der Waals surface area (Å²) in [5.74, 6) is -3.88. The first-order valence-electron chi connectivity index (χ1n) is 10.2. The highest BCUT2D eigenvalue weighted by Gasteiger charge is 2.55. The van der Waals surface area contributed by atoms with Crippen LogP contribution in [0.2, 0.25) is 0 Å². The highest BCUT2D eigenvalue weighted by atomic mass is 19.3. The fourth-order valence-corrected chi connectivity index (χ4v) is 4.31. The summed E-state index contributed by atoms with van der Waals surface area (Å²) < 4.78 is 28.9. The summed E-state index contributed by atoms with van der Waals surface area (Å²) in [7, 11) is 0. The Labute approximate surface area is 181 Å². The second kappa shape index (κ2) is 7.18. The van der Waals surface area contributed by atoms with Crippen LogP contribution >= 0.6 is 0 Å². The van der Waals surface area contributed by atoms with Crippen molar-refractivity contribution in [2.45, 2.75) is 37.1 Å². The van der Waals surface area contributed by atoms with Crippen LogP contribution in [-0.4, -0.2) is 55.0 Å². The van der Waals surface area contributed by atoms with Gasteiger partial charge in [0.25, 0.3) is 5.91 Å². The van der Waals surface area contributed by atoms with Crippen LogP contribution in [0.25, 0.3) is 16.9 Å². The van der Waals surface area contributed by atoms with Crippen molar-refractivity contribution >= 4 is 23.4 Å². The van der Waals surface area contributed by atoms with E-state index in [9.17, 15) is 23.2 Å². The summed E-state index contributed by atoms with van der Waals surface area (Å²) in [5, 5.41) is 2.54. The summed E-state index contributed by atoms with van der Waals surface area (Å²) >= 11 is 0. The van der Waals surface area contributed by atoms with Gasteiger partial charge in [-0.2, -0.15) is 0 Å². The summed E-state index contributed by atoms with van der Waals surface area (Å²) in [4.78, 5) is 47.4. The molecule has 1 aliphatic carbocycles. The van der Waals surface area contributed by atoms with Crippen molar-refractivity contribution < 1.29 is 23.2 Å². The van der Waals surface area contributed by atoms with Crippen molar-refractivity contribution in [1.29, 1.82) is 0 Å². The van der Waals surface area contributed by atoms with Crippen molar-refractivity contribution in [3.63, 3.8) is 0 Å². The second-order valence-corrected chi connectivity index (χ2v) is 8.19. The van der Waals surface area contributed by atoms with E-state index in [0.717, 1.165) is 10.5 Å². The Morgan fingerprint density at radius 1 is 1.00 bits per heavy atom. The Morgan fingerprint density at radius 3 is 2.34 bits per heavy atom. The van der Waals surface area contributed by atoms with Gasteiger partial charge in [-0.25, -0.2) is 18.6 Å². The molecule has 1 spiro atoms. The number of imide groups is 1. The number of aromatic nitrogens is 3. The quantitative estimate of drug-likeness (QED) is 0.498. The number of alkyl halides is 2. The van der Waals surface area contributed by atoms with E-state index in [-0.39, 0.29) is 12.8 Å². The lowest BCUT2D eigenvalue weighted by atomic mass is 9.80. The van der Waals surface area contributed by atoms with E-state index in [4.69, 9.17) is 0 Å². The van der Waals surface area contributed by atoms with Gasteiger partial charge in [0.05, 0.1) is 6.54 Å². The average molecular weight is 439 g/mol. The normalized spacial score (nSPS) is 19.5. The average Bonchev–Trinajstić information content (AvgIpc) is 3.35. The zero-order valence-corrected chi connectivity index (χ0v) is 16.9. The molecule has 3 heterocycles.